The Hall–Kier alpha value is -1.24. The maximum Gasteiger partial charge on any atom is 0.0479 e. The minimum Gasteiger partial charge on any atom is -0.348 e. The van der Waals surface area contributed by atoms with E-state index in [-0.39, 0.29) is 0 Å². The topological polar surface area (TPSA) is 4.93 Å². The Kier molecular flexibility index (Phi) is 1.47. The number of fused-ring (bicyclic) bond motifs is 1. The first-order valence-corrected chi connectivity index (χ1v) is 4.21. The van der Waals surface area contributed by atoms with Crippen molar-refractivity contribution in [1.82, 2.24) is 4.57 Å². The zero-order chi connectivity index (χ0) is 8.72. The van der Waals surface area contributed by atoms with Gasteiger partial charge in [0.2, 0.25) is 0 Å². The van der Waals surface area contributed by atoms with Gasteiger partial charge in [-0.25, -0.2) is 0 Å². The van der Waals surface area contributed by atoms with Gasteiger partial charge < -0.3 is 4.57 Å². The van der Waals surface area contributed by atoms with Gasteiger partial charge in [0.25, 0.3) is 0 Å². The molecule has 1 nitrogen and oxygen atoms in total. The molecule has 0 fully saturated rings. The fourth-order valence-corrected chi connectivity index (χ4v) is 1.61. The number of nitrogens with zero attached hydrogens (tertiary/aromatic N) is 1. The molecule has 2 rings (SSSR count). The average molecular weight is 159 g/mol. The molecule has 0 unspecified atom stereocenters. The Balaban J connectivity index is 2.87. The normalized spacial score (nSPS) is 10.9. The molecule has 1 heteroatoms. The Bertz CT molecular complexity index is 424. The molecule has 0 saturated heterocycles. The van der Waals surface area contributed by atoms with Crippen molar-refractivity contribution in [2.45, 2.75) is 13.8 Å². The van der Waals surface area contributed by atoms with Gasteiger partial charge in [-0.3, -0.25) is 0 Å². The molecule has 12 heavy (non-hydrogen) atoms. The van der Waals surface area contributed by atoms with Gasteiger partial charge in [0, 0.05) is 23.6 Å². The van der Waals surface area contributed by atoms with Crippen LogP contribution in [0.1, 0.15) is 11.3 Å². The van der Waals surface area contributed by atoms with Gasteiger partial charge in [-0.2, -0.15) is 0 Å². The molecular weight excluding hydrogens is 146 g/mol. The molecule has 0 aliphatic carbocycles. The predicted molar refractivity (Wildman–Crippen MR) is 52.4 cm³/mol. The summed E-state index contributed by atoms with van der Waals surface area (Å²) in [6.45, 7) is 4.26. The molecular formula is C11H13N. The van der Waals surface area contributed by atoms with Crippen LogP contribution in [-0.4, -0.2) is 4.57 Å². The second kappa shape index (κ2) is 2.37. The van der Waals surface area contributed by atoms with Gasteiger partial charge in [0.05, 0.1) is 0 Å². The van der Waals surface area contributed by atoms with E-state index in [1.54, 1.807) is 0 Å². The SMILES string of the molecule is Cc1ccc2c(c1)cc(C)n2C. The summed E-state index contributed by atoms with van der Waals surface area (Å²) >= 11 is 0. The van der Waals surface area contributed by atoms with Crippen LogP contribution >= 0.6 is 0 Å². The summed E-state index contributed by atoms with van der Waals surface area (Å²) in [6.07, 6.45) is 0. The predicted octanol–water partition coefficient (Wildman–Crippen LogP) is 2.80. The van der Waals surface area contributed by atoms with Crippen LogP contribution in [0, 0.1) is 13.8 Å². The molecule has 1 aromatic heterocycles. The molecule has 0 amide bonds. The minimum atomic E-state index is 1.32. The highest BCUT2D eigenvalue weighted by atomic mass is 14.9. The minimum absolute atomic E-state index is 1.32. The first kappa shape index (κ1) is 7.41. The van der Waals surface area contributed by atoms with Crippen LogP contribution in [0.4, 0.5) is 0 Å². The molecule has 1 aromatic carbocycles. The van der Waals surface area contributed by atoms with E-state index in [2.05, 4.69) is 49.7 Å². The molecule has 2 aromatic rings. The van der Waals surface area contributed by atoms with Gasteiger partial charge in [0.1, 0.15) is 0 Å². The van der Waals surface area contributed by atoms with Crippen molar-refractivity contribution in [3.05, 3.63) is 35.5 Å². The summed E-state index contributed by atoms with van der Waals surface area (Å²) in [5, 5.41) is 1.34. The zero-order valence-electron chi connectivity index (χ0n) is 7.76. The second-order valence-corrected chi connectivity index (χ2v) is 3.41. The smallest absolute Gasteiger partial charge is 0.0479 e. The molecule has 0 spiro atoms. The summed E-state index contributed by atoms with van der Waals surface area (Å²) in [5.41, 5.74) is 3.96. The summed E-state index contributed by atoms with van der Waals surface area (Å²) in [6, 6.07) is 8.78. The summed E-state index contributed by atoms with van der Waals surface area (Å²) in [7, 11) is 2.10. The van der Waals surface area contributed by atoms with Gasteiger partial charge >= 0.3 is 0 Å². The van der Waals surface area contributed by atoms with Gasteiger partial charge in [-0.05, 0) is 32.0 Å². The van der Waals surface area contributed by atoms with E-state index in [0.29, 0.717) is 0 Å². The van der Waals surface area contributed by atoms with Crippen molar-refractivity contribution in [3.8, 4) is 0 Å². The Morgan fingerprint density at radius 2 is 1.83 bits per heavy atom. The van der Waals surface area contributed by atoms with Crippen LogP contribution in [0.2, 0.25) is 0 Å². The van der Waals surface area contributed by atoms with Crippen molar-refractivity contribution in [2.75, 3.05) is 0 Å². The summed E-state index contributed by atoms with van der Waals surface area (Å²) in [5.74, 6) is 0. The lowest BCUT2D eigenvalue weighted by molar-refractivity contribution is 0.918. The molecule has 0 radical (unpaired) electrons. The Morgan fingerprint density at radius 1 is 1.08 bits per heavy atom. The Morgan fingerprint density at radius 3 is 2.58 bits per heavy atom. The Labute approximate surface area is 72.6 Å². The highest BCUT2D eigenvalue weighted by Crippen LogP contribution is 2.18. The van der Waals surface area contributed by atoms with E-state index in [1.807, 2.05) is 0 Å². The van der Waals surface area contributed by atoms with E-state index in [0.717, 1.165) is 0 Å². The van der Waals surface area contributed by atoms with Crippen LogP contribution < -0.4 is 0 Å². The first-order valence-electron chi connectivity index (χ1n) is 4.21. The molecule has 0 N–H and O–H groups in total. The third kappa shape index (κ3) is 0.934. The largest absolute Gasteiger partial charge is 0.348 e. The highest BCUT2D eigenvalue weighted by Gasteiger charge is 2.00. The van der Waals surface area contributed by atoms with Crippen molar-refractivity contribution < 1.29 is 0 Å². The van der Waals surface area contributed by atoms with E-state index in [4.69, 9.17) is 0 Å². The van der Waals surface area contributed by atoms with Crippen LogP contribution in [0.5, 0.6) is 0 Å². The summed E-state index contributed by atoms with van der Waals surface area (Å²) in [4.78, 5) is 0. The van der Waals surface area contributed by atoms with Gasteiger partial charge in [-0.1, -0.05) is 11.6 Å². The lowest BCUT2D eigenvalue weighted by atomic mass is 10.2. The number of benzene rings is 1. The molecule has 0 aliphatic rings. The number of aromatic nitrogens is 1. The van der Waals surface area contributed by atoms with Crippen molar-refractivity contribution >= 4 is 10.9 Å². The maximum atomic E-state index is 2.22. The second-order valence-electron chi connectivity index (χ2n) is 3.41. The standard InChI is InChI=1S/C11H13N/c1-8-4-5-11-10(6-8)7-9(2)12(11)3/h4-7H,1-3H3. The van der Waals surface area contributed by atoms with Crippen LogP contribution in [-0.2, 0) is 7.05 Å². The number of rotatable bonds is 0. The van der Waals surface area contributed by atoms with Crippen LogP contribution in [0.15, 0.2) is 24.3 Å². The maximum absolute atomic E-state index is 2.22. The van der Waals surface area contributed by atoms with Crippen molar-refractivity contribution in [2.24, 2.45) is 7.05 Å². The molecule has 0 aliphatic heterocycles. The van der Waals surface area contributed by atoms with E-state index in [9.17, 15) is 0 Å². The quantitative estimate of drug-likeness (QED) is 0.557. The number of hydrogen-bond acceptors (Lipinski definition) is 0. The van der Waals surface area contributed by atoms with Crippen LogP contribution in [0.25, 0.3) is 10.9 Å². The number of hydrogen-bond donors (Lipinski definition) is 0. The monoisotopic (exact) mass is 159 g/mol. The molecule has 62 valence electrons. The highest BCUT2D eigenvalue weighted by molar-refractivity contribution is 5.81. The van der Waals surface area contributed by atoms with Crippen LogP contribution in [0.3, 0.4) is 0 Å². The zero-order valence-corrected chi connectivity index (χ0v) is 7.76. The van der Waals surface area contributed by atoms with E-state index < -0.39 is 0 Å². The van der Waals surface area contributed by atoms with Gasteiger partial charge in [-0.15, -0.1) is 0 Å². The van der Waals surface area contributed by atoms with E-state index in [1.165, 1.54) is 22.2 Å². The fraction of sp³-hybridized carbons (Fsp3) is 0.273. The lowest BCUT2D eigenvalue weighted by Gasteiger charge is -1.98. The van der Waals surface area contributed by atoms with Crippen molar-refractivity contribution in [1.29, 1.82) is 0 Å². The summed E-state index contributed by atoms with van der Waals surface area (Å²) < 4.78 is 2.22. The van der Waals surface area contributed by atoms with E-state index >= 15 is 0 Å². The molecule has 0 atom stereocenters. The molecule has 0 saturated carbocycles. The lowest BCUT2D eigenvalue weighted by Crippen LogP contribution is -1.88. The third-order valence-corrected chi connectivity index (χ3v) is 2.44. The van der Waals surface area contributed by atoms with Gasteiger partial charge in [0.15, 0.2) is 0 Å². The van der Waals surface area contributed by atoms with Crippen molar-refractivity contribution in [3.63, 3.8) is 0 Å². The molecule has 1 heterocycles. The number of aryl methyl sites for hydroxylation is 3. The third-order valence-electron chi connectivity index (χ3n) is 2.44. The first-order chi connectivity index (χ1) is 5.68. The fourth-order valence-electron chi connectivity index (χ4n) is 1.61. The average Bonchev–Trinajstić information content (AvgIpc) is 2.28. The molecule has 0 bridgehead atoms.